The Balaban J connectivity index is 1.97. The Kier molecular flexibility index (Phi) is 5.33. The Bertz CT molecular complexity index is 674. The maximum absolute atomic E-state index is 12.1. The Morgan fingerprint density at radius 3 is 2.45 bits per heavy atom. The van der Waals surface area contributed by atoms with Crippen molar-refractivity contribution in [3.05, 3.63) is 56.8 Å². The zero-order valence-corrected chi connectivity index (χ0v) is 13.8. The highest BCUT2D eigenvalue weighted by atomic mass is 32.1. The maximum atomic E-state index is 12.1. The van der Waals surface area contributed by atoms with Crippen LogP contribution < -0.4 is 5.32 Å². The number of nitrogens with one attached hydrogen (secondary N) is 1. The molecule has 0 aliphatic rings. The van der Waals surface area contributed by atoms with Crippen LogP contribution in [0.15, 0.2) is 30.3 Å². The molecule has 0 bridgehead atoms. The molecule has 116 valence electrons. The van der Waals surface area contributed by atoms with E-state index in [0.29, 0.717) is 12.1 Å². The molecular formula is C17H19NO3S. The molecule has 0 unspecified atom stereocenters. The van der Waals surface area contributed by atoms with Gasteiger partial charge in [-0.1, -0.05) is 19.1 Å². The van der Waals surface area contributed by atoms with Gasteiger partial charge >= 0.3 is 5.97 Å². The third-order valence-corrected chi connectivity index (χ3v) is 4.54. The van der Waals surface area contributed by atoms with Crippen molar-refractivity contribution in [2.24, 2.45) is 0 Å². The van der Waals surface area contributed by atoms with Crippen molar-refractivity contribution in [1.82, 2.24) is 5.32 Å². The van der Waals surface area contributed by atoms with E-state index < -0.39 is 0 Å². The molecule has 2 rings (SSSR count). The van der Waals surface area contributed by atoms with Crippen LogP contribution in [0.4, 0.5) is 0 Å². The Morgan fingerprint density at radius 1 is 1.23 bits per heavy atom. The maximum Gasteiger partial charge on any atom is 0.337 e. The number of benzene rings is 1. The van der Waals surface area contributed by atoms with Crippen molar-refractivity contribution in [2.75, 3.05) is 7.11 Å². The Morgan fingerprint density at radius 2 is 1.91 bits per heavy atom. The molecule has 1 N–H and O–H groups in total. The van der Waals surface area contributed by atoms with Gasteiger partial charge in [0.2, 0.25) is 0 Å². The van der Waals surface area contributed by atoms with Gasteiger partial charge in [0, 0.05) is 11.4 Å². The molecule has 22 heavy (non-hydrogen) atoms. The number of carbonyl (C=O) groups is 2. The highest BCUT2D eigenvalue weighted by Crippen LogP contribution is 2.22. The predicted octanol–water partition coefficient (Wildman–Crippen LogP) is 3.34. The van der Waals surface area contributed by atoms with E-state index in [9.17, 15) is 9.59 Å². The van der Waals surface area contributed by atoms with Crippen molar-refractivity contribution in [3.63, 3.8) is 0 Å². The molecule has 2 aromatic rings. The fourth-order valence-electron chi connectivity index (χ4n) is 2.13. The van der Waals surface area contributed by atoms with Crippen LogP contribution in [0, 0.1) is 6.92 Å². The van der Waals surface area contributed by atoms with Crippen LogP contribution in [-0.4, -0.2) is 19.0 Å². The fourth-order valence-corrected chi connectivity index (χ4v) is 3.16. The summed E-state index contributed by atoms with van der Waals surface area (Å²) in [7, 11) is 1.35. The second-order valence-corrected chi connectivity index (χ2v) is 6.17. The minimum atomic E-state index is -0.364. The highest BCUT2D eigenvalue weighted by molar-refractivity contribution is 7.14. The predicted molar refractivity (Wildman–Crippen MR) is 87.4 cm³/mol. The van der Waals surface area contributed by atoms with Crippen molar-refractivity contribution in [3.8, 4) is 0 Å². The number of aryl methyl sites for hydroxylation is 2. The van der Waals surface area contributed by atoms with Gasteiger partial charge in [-0.2, -0.15) is 0 Å². The lowest BCUT2D eigenvalue weighted by molar-refractivity contribution is 0.0600. The smallest absolute Gasteiger partial charge is 0.337 e. The molecule has 0 aliphatic carbocycles. The van der Waals surface area contributed by atoms with Gasteiger partial charge in [0.15, 0.2) is 0 Å². The summed E-state index contributed by atoms with van der Waals surface area (Å²) in [5, 5.41) is 2.90. The van der Waals surface area contributed by atoms with Crippen molar-refractivity contribution >= 4 is 23.2 Å². The first-order valence-electron chi connectivity index (χ1n) is 7.10. The van der Waals surface area contributed by atoms with Gasteiger partial charge < -0.3 is 10.1 Å². The van der Waals surface area contributed by atoms with E-state index in [1.165, 1.54) is 28.9 Å². The van der Waals surface area contributed by atoms with E-state index in [-0.39, 0.29) is 11.9 Å². The molecular weight excluding hydrogens is 298 g/mol. The SMILES string of the molecule is CCc1cc(C(=O)NCc2ccc(C(=O)OC)cc2)sc1C. The van der Waals surface area contributed by atoms with Crippen LogP contribution in [0.3, 0.4) is 0 Å². The number of rotatable bonds is 5. The van der Waals surface area contributed by atoms with E-state index in [0.717, 1.165) is 16.9 Å². The first-order valence-corrected chi connectivity index (χ1v) is 7.91. The molecule has 0 fully saturated rings. The van der Waals surface area contributed by atoms with E-state index in [4.69, 9.17) is 0 Å². The average molecular weight is 317 g/mol. The molecule has 0 spiro atoms. The van der Waals surface area contributed by atoms with Crippen LogP contribution in [0.5, 0.6) is 0 Å². The second kappa shape index (κ2) is 7.22. The number of methoxy groups -OCH3 is 1. The van der Waals surface area contributed by atoms with Crippen LogP contribution in [-0.2, 0) is 17.7 Å². The Labute approximate surface area is 134 Å². The first kappa shape index (κ1) is 16.2. The van der Waals surface area contributed by atoms with Gasteiger partial charge in [0.1, 0.15) is 0 Å². The lowest BCUT2D eigenvalue weighted by atomic mass is 10.1. The number of hydrogen-bond acceptors (Lipinski definition) is 4. The normalized spacial score (nSPS) is 10.3. The van der Waals surface area contributed by atoms with E-state index in [2.05, 4.69) is 17.0 Å². The monoisotopic (exact) mass is 317 g/mol. The topological polar surface area (TPSA) is 55.4 Å². The highest BCUT2D eigenvalue weighted by Gasteiger charge is 2.11. The summed E-state index contributed by atoms with van der Waals surface area (Å²) in [6, 6.07) is 8.96. The molecule has 1 heterocycles. The molecule has 4 nitrogen and oxygen atoms in total. The number of ether oxygens (including phenoxy) is 1. The summed E-state index contributed by atoms with van der Waals surface area (Å²) in [6.07, 6.45) is 0.935. The summed E-state index contributed by atoms with van der Waals surface area (Å²) in [5.74, 6) is -0.429. The third-order valence-electron chi connectivity index (χ3n) is 3.45. The van der Waals surface area contributed by atoms with Crippen LogP contribution >= 0.6 is 11.3 Å². The average Bonchev–Trinajstić information content (AvgIpc) is 2.93. The fraction of sp³-hybridized carbons (Fsp3) is 0.294. The standard InChI is InChI=1S/C17H19NO3S/c1-4-13-9-15(22-11(13)2)16(19)18-10-12-5-7-14(8-6-12)17(20)21-3/h5-9H,4,10H2,1-3H3,(H,18,19). The van der Waals surface area contributed by atoms with Gasteiger partial charge in [0.25, 0.3) is 5.91 Å². The van der Waals surface area contributed by atoms with E-state index in [1.54, 1.807) is 12.1 Å². The van der Waals surface area contributed by atoms with Crippen LogP contribution in [0.25, 0.3) is 0 Å². The number of hydrogen-bond donors (Lipinski definition) is 1. The molecule has 1 aromatic carbocycles. The van der Waals surface area contributed by atoms with Crippen molar-refractivity contribution in [2.45, 2.75) is 26.8 Å². The summed E-state index contributed by atoms with van der Waals surface area (Å²) in [6.45, 7) is 4.55. The molecule has 0 aliphatic heterocycles. The summed E-state index contributed by atoms with van der Waals surface area (Å²) >= 11 is 1.52. The van der Waals surface area contributed by atoms with E-state index >= 15 is 0 Å². The molecule has 0 radical (unpaired) electrons. The molecule has 0 saturated heterocycles. The number of carbonyl (C=O) groups excluding carboxylic acids is 2. The zero-order valence-electron chi connectivity index (χ0n) is 12.9. The zero-order chi connectivity index (χ0) is 16.1. The minimum Gasteiger partial charge on any atom is -0.465 e. The molecule has 0 atom stereocenters. The van der Waals surface area contributed by atoms with Crippen LogP contribution in [0.2, 0.25) is 0 Å². The number of amides is 1. The van der Waals surface area contributed by atoms with Gasteiger partial charge in [0.05, 0.1) is 17.6 Å². The van der Waals surface area contributed by atoms with Gasteiger partial charge in [-0.05, 0) is 42.7 Å². The molecule has 1 aromatic heterocycles. The molecule has 5 heteroatoms. The van der Waals surface area contributed by atoms with Gasteiger partial charge in [-0.3, -0.25) is 4.79 Å². The lowest BCUT2D eigenvalue weighted by Gasteiger charge is -2.05. The van der Waals surface area contributed by atoms with Gasteiger partial charge in [-0.15, -0.1) is 11.3 Å². The second-order valence-electron chi connectivity index (χ2n) is 4.92. The Hall–Kier alpha value is -2.14. The number of esters is 1. The molecule has 1 amide bonds. The van der Waals surface area contributed by atoms with Gasteiger partial charge in [-0.25, -0.2) is 4.79 Å². The lowest BCUT2D eigenvalue weighted by Crippen LogP contribution is -2.21. The molecule has 0 saturated carbocycles. The largest absolute Gasteiger partial charge is 0.465 e. The first-order chi connectivity index (χ1) is 10.5. The summed E-state index contributed by atoms with van der Waals surface area (Å²) in [5.41, 5.74) is 2.65. The van der Waals surface area contributed by atoms with Crippen molar-refractivity contribution in [1.29, 1.82) is 0 Å². The third kappa shape index (κ3) is 3.74. The van der Waals surface area contributed by atoms with E-state index in [1.807, 2.05) is 25.1 Å². The minimum absolute atomic E-state index is 0.0650. The number of thiophene rings is 1. The van der Waals surface area contributed by atoms with Crippen molar-refractivity contribution < 1.29 is 14.3 Å². The quantitative estimate of drug-likeness (QED) is 0.861. The summed E-state index contributed by atoms with van der Waals surface area (Å²) < 4.78 is 4.65. The van der Waals surface area contributed by atoms with Crippen LogP contribution in [0.1, 0.15) is 43.0 Å². The summed E-state index contributed by atoms with van der Waals surface area (Å²) in [4.78, 5) is 25.4.